The Labute approximate surface area is 115 Å². The van der Waals surface area contributed by atoms with Gasteiger partial charge >= 0.3 is 0 Å². The van der Waals surface area contributed by atoms with E-state index in [0.29, 0.717) is 17.3 Å². The molecule has 0 aliphatic heterocycles. The summed E-state index contributed by atoms with van der Waals surface area (Å²) in [7, 11) is 0. The number of amides is 1. The molecule has 1 fully saturated rings. The third-order valence-electron chi connectivity index (χ3n) is 3.44. The van der Waals surface area contributed by atoms with Gasteiger partial charge in [-0.1, -0.05) is 13.8 Å². The third-order valence-corrected chi connectivity index (χ3v) is 3.44. The minimum absolute atomic E-state index is 0.0872. The quantitative estimate of drug-likeness (QED) is 0.872. The SMILES string of the molecule is CC(C)c1nn(CC(N)=O)c(=O)c2cc(C3CC3)nn12. The summed E-state index contributed by atoms with van der Waals surface area (Å²) in [4.78, 5) is 23.4. The van der Waals surface area contributed by atoms with E-state index in [0.717, 1.165) is 23.2 Å². The predicted molar refractivity (Wildman–Crippen MR) is 72.5 cm³/mol. The van der Waals surface area contributed by atoms with Crippen LogP contribution in [-0.4, -0.2) is 25.3 Å². The van der Waals surface area contributed by atoms with Gasteiger partial charge < -0.3 is 5.73 Å². The fourth-order valence-corrected chi connectivity index (χ4v) is 2.26. The van der Waals surface area contributed by atoms with E-state index in [1.807, 2.05) is 19.9 Å². The molecule has 7 nitrogen and oxygen atoms in total. The maximum atomic E-state index is 12.3. The highest BCUT2D eigenvalue weighted by Crippen LogP contribution is 2.39. The van der Waals surface area contributed by atoms with Crippen LogP contribution in [0.5, 0.6) is 0 Å². The van der Waals surface area contributed by atoms with Crippen molar-refractivity contribution in [1.82, 2.24) is 19.4 Å². The second-order valence-electron chi connectivity index (χ2n) is 5.58. The number of nitrogens with zero attached hydrogens (tertiary/aromatic N) is 4. The molecular weight excluding hydrogens is 258 g/mol. The van der Waals surface area contributed by atoms with E-state index in [-0.39, 0.29) is 18.0 Å². The molecule has 106 valence electrons. The molecular formula is C13H17N5O2. The van der Waals surface area contributed by atoms with E-state index >= 15 is 0 Å². The van der Waals surface area contributed by atoms with Crippen molar-refractivity contribution in [2.24, 2.45) is 5.73 Å². The van der Waals surface area contributed by atoms with E-state index in [1.54, 1.807) is 4.52 Å². The monoisotopic (exact) mass is 275 g/mol. The molecule has 1 saturated carbocycles. The maximum absolute atomic E-state index is 12.3. The number of rotatable bonds is 4. The number of nitrogens with two attached hydrogens (primary N) is 1. The summed E-state index contributed by atoms with van der Waals surface area (Å²) in [6.07, 6.45) is 2.23. The van der Waals surface area contributed by atoms with Gasteiger partial charge in [0.15, 0.2) is 5.82 Å². The minimum Gasteiger partial charge on any atom is -0.368 e. The number of carbonyl (C=O) groups excluding carboxylic acids is 1. The lowest BCUT2D eigenvalue weighted by Gasteiger charge is -2.10. The Kier molecular flexibility index (Phi) is 2.84. The van der Waals surface area contributed by atoms with Crippen molar-refractivity contribution < 1.29 is 4.79 Å². The fraction of sp³-hybridized carbons (Fsp3) is 0.538. The van der Waals surface area contributed by atoms with E-state index < -0.39 is 5.91 Å². The van der Waals surface area contributed by atoms with Crippen LogP contribution in [-0.2, 0) is 11.3 Å². The zero-order valence-electron chi connectivity index (χ0n) is 11.5. The van der Waals surface area contributed by atoms with E-state index in [1.165, 1.54) is 0 Å². The molecule has 1 aliphatic rings. The summed E-state index contributed by atoms with van der Waals surface area (Å²) in [6, 6.07) is 1.81. The highest BCUT2D eigenvalue weighted by atomic mass is 16.2. The van der Waals surface area contributed by atoms with Crippen molar-refractivity contribution in [3.63, 3.8) is 0 Å². The fourth-order valence-electron chi connectivity index (χ4n) is 2.26. The first kappa shape index (κ1) is 12.8. The smallest absolute Gasteiger partial charge is 0.293 e. The normalized spacial score (nSPS) is 15.2. The Bertz CT molecular complexity index is 739. The van der Waals surface area contributed by atoms with Crippen LogP contribution in [0.1, 0.15) is 50.0 Å². The van der Waals surface area contributed by atoms with Crippen molar-refractivity contribution in [2.45, 2.75) is 45.1 Å². The number of aromatic nitrogens is 4. The van der Waals surface area contributed by atoms with Crippen molar-refractivity contribution in [1.29, 1.82) is 0 Å². The Morgan fingerprint density at radius 3 is 2.70 bits per heavy atom. The Hall–Kier alpha value is -2.18. The van der Waals surface area contributed by atoms with Gasteiger partial charge in [-0.15, -0.1) is 0 Å². The summed E-state index contributed by atoms with van der Waals surface area (Å²) < 4.78 is 2.74. The molecule has 0 atom stereocenters. The Balaban J connectivity index is 2.24. The van der Waals surface area contributed by atoms with Crippen LogP contribution in [0.3, 0.4) is 0 Å². The summed E-state index contributed by atoms with van der Waals surface area (Å²) in [5.41, 5.74) is 6.24. The van der Waals surface area contributed by atoms with Gasteiger partial charge in [-0.05, 0) is 18.9 Å². The van der Waals surface area contributed by atoms with Crippen molar-refractivity contribution in [3.05, 3.63) is 27.9 Å². The van der Waals surface area contributed by atoms with Crippen molar-refractivity contribution in [2.75, 3.05) is 0 Å². The van der Waals surface area contributed by atoms with Gasteiger partial charge in [0, 0.05) is 11.8 Å². The van der Waals surface area contributed by atoms with Crippen molar-refractivity contribution in [3.8, 4) is 0 Å². The average molecular weight is 275 g/mol. The standard InChI is InChI=1S/C13H17N5O2/c1-7(2)12-16-17(6-11(14)19)13(20)10-5-9(8-3-4-8)15-18(10)12/h5,7-8H,3-4,6H2,1-2H3,(H2,14,19). The van der Waals surface area contributed by atoms with Crippen LogP contribution in [0.4, 0.5) is 0 Å². The average Bonchev–Trinajstić information content (AvgIpc) is 3.11. The third kappa shape index (κ3) is 2.09. The molecule has 2 N–H and O–H groups in total. The van der Waals surface area contributed by atoms with Crippen LogP contribution in [0.15, 0.2) is 10.9 Å². The number of primary amides is 1. The second-order valence-corrected chi connectivity index (χ2v) is 5.58. The lowest BCUT2D eigenvalue weighted by molar-refractivity contribution is -0.118. The molecule has 1 amide bonds. The van der Waals surface area contributed by atoms with E-state index in [2.05, 4.69) is 10.2 Å². The molecule has 0 radical (unpaired) electrons. The predicted octanol–water partition coefficient (Wildman–Crippen LogP) is 0.377. The molecule has 20 heavy (non-hydrogen) atoms. The van der Waals surface area contributed by atoms with Gasteiger partial charge in [0.2, 0.25) is 5.91 Å². The first-order valence-corrected chi connectivity index (χ1v) is 6.76. The van der Waals surface area contributed by atoms with Gasteiger partial charge in [-0.25, -0.2) is 9.20 Å². The lowest BCUT2D eigenvalue weighted by atomic mass is 10.2. The van der Waals surface area contributed by atoms with Gasteiger partial charge in [0.05, 0.1) is 5.69 Å². The summed E-state index contributed by atoms with van der Waals surface area (Å²) in [5, 5.41) is 8.74. The largest absolute Gasteiger partial charge is 0.368 e. The van der Waals surface area contributed by atoms with E-state index in [9.17, 15) is 9.59 Å². The second kappa shape index (κ2) is 4.43. The van der Waals surface area contributed by atoms with E-state index in [4.69, 9.17) is 5.73 Å². The molecule has 3 rings (SSSR count). The summed E-state index contributed by atoms with van der Waals surface area (Å²) >= 11 is 0. The maximum Gasteiger partial charge on any atom is 0.293 e. The minimum atomic E-state index is -0.583. The van der Waals surface area contributed by atoms with Crippen LogP contribution in [0.2, 0.25) is 0 Å². The van der Waals surface area contributed by atoms with Crippen molar-refractivity contribution >= 4 is 11.4 Å². The number of hydrogen-bond donors (Lipinski definition) is 1. The Morgan fingerprint density at radius 1 is 1.45 bits per heavy atom. The summed E-state index contributed by atoms with van der Waals surface area (Å²) in [6.45, 7) is 3.73. The topological polar surface area (TPSA) is 95.3 Å². The lowest BCUT2D eigenvalue weighted by Crippen LogP contribution is -2.32. The zero-order chi connectivity index (χ0) is 14.4. The molecule has 7 heteroatoms. The number of fused-ring (bicyclic) bond motifs is 1. The molecule has 0 unspecified atom stereocenters. The summed E-state index contributed by atoms with van der Waals surface area (Å²) in [5.74, 6) is 0.622. The van der Waals surface area contributed by atoms with Gasteiger partial charge in [-0.2, -0.15) is 10.2 Å². The Morgan fingerprint density at radius 2 is 2.15 bits per heavy atom. The first-order valence-electron chi connectivity index (χ1n) is 6.76. The zero-order valence-corrected chi connectivity index (χ0v) is 11.5. The molecule has 2 heterocycles. The number of carbonyl (C=O) groups is 1. The van der Waals surface area contributed by atoms with Gasteiger partial charge in [0.25, 0.3) is 5.56 Å². The molecule has 1 aliphatic carbocycles. The molecule has 2 aromatic heterocycles. The van der Waals surface area contributed by atoms with Crippen LogP contribution >= 0.6 is 0 Å². The van der Waals surface area contributed by atoms with Crippen LogP contribution in [0, 0.1) is 0 Å². The highest BCUT2D eigenvalue weighted by Gasteiger charge is 2.28. The first-order chi connectivity index (χ1) is 9.47. The molecule has 0 aromatic carbocycles. The highest BCUT2D eigenvalue weighted by molar-refractivity contribution is 5.73. The van der Waals surface area contributed by atoms with Crippen LogP contribution < -0.4 is 11.3 Å². The van der Waals surface area contributed by atoms with Crippen LogP contribution in [0.25, 0.3) is 5.52 Å². The molecule has 0 spiro atoms. The molecule has 0 bridgehead atoms. The number of hydrogen-bond acceptors (Lipinski definition) is 4. The van der Waals surface area contributed by atoms with Gasteiger partial charge in [0.1, 0.15) is 12.1 Å². The van der Waals surface area contributed by atoms with Gasteiger partial charge in [-0.3, -0.25) is 9.59 Å². The molecule has 0 saturated heterocycles. The molecule has 2 aromatic rings.